The molecule has 7 heteroatoms. The molecule has 1 aromatic carbocycles. The third-order valence-electron chi connectivity index (χ3n) is 3.30. The van der Waals surface area contributed by atoms with Crippen LogP contribution < -0.4 is 19.5 Å². The molecule has 1 saturated heterocycles. The molecule has 0 saturated carbocycles. The molecule has 1 fully saturated rings. The molecule has 0 radical (unpaired) electrons. The van der Waals surface area contributed by atoms with E-state index < -0.39 is 15.3 Å². The highest BCUT2D eigenvalue weighted by Gasteiger charge is 2.39. The van der Waals surface area contributed by atoms with Gasteiger partial charge in [-0.1, -0.05) is 0 Å². The molecule has 0 aromatic heterocycles. The summed E-state index contributed by atoms with van der Waals surface area (Å²) in [6, 6.07) is 5.08. The van der Waals surface area contributed by atoms with Gasteiger partial charge < -0.3 is 15.2 Å². The average molecular weight is 286 g/mol. The van der Waals surface area contributed by atoms with Crippen LogP contribution >= 0.6 is 0 Å². The molecule has 0 unspecified atom stereocenters. The second kappa shape index (κ2) is 5.26. The Morgan fingerprint density at radius 2 is 2.11 bits per heavy atom. The highest BCUT2D eigenvalue weighted by Crippen LogP contribution is 2.37. The van der Waals surface area contributed by atoms with Gasteiger partial charge in [-0.25, -0.2) is 8.42 Å². The van der Waals surface area contributed by atoms with Gasteiger partial charge in [0.1, 0.15) is 11.5 Å². The lowest BCUT2D eigenvalue weighted by atomic mass is 10.2. The number of methoxy groups -OCH3 is 2. The zero-order chi connectivity index (χ0) is 14.0. The van der Waals surface area contributed by atoms with E-state index in [1.165, 1.54) is 18.5 Å². The van der Waals surface area contributed by atoms with Gasteiger partial charge in [0, 0.05) is 19.2 Å². The molecule has 1 heterocycles. The average Bonchev–Trinajstić information content (AvgIpc) is 2.72. The Hall–Kier alpha value is -1.47. The van der Waals surface area contributed by atoms with Crippen LogP contribution in [0.1, 0.15) is 6.42 Å². The summed E-state index contributed by atoms with van der Waals surface area (Å²) < 4.78 is 36.4. The predicted octanol–water partition coefficient (Wildman–Crippen LogP) is 0.571. The molecule has 1 aliphatic heterocycles. The first kappa shape index (κ1) is 14.0. The molecular weight excluding hydrogens is 268 g/mol. The fourth-order valence-electron chi connectivity index (χ4n) is 2.21. The molecule has 0 aliphatic carbocycles. The molecule has 0 spiro atoms. The number of sulfonamides is 1. The second-order valence-corrected chi connectivity index (χ2v) is 6.44. The first-order valence-corrected chi connectivity index (χ1v) is 7.48. The number of nitrogens with two attached hydrogens (primary N) is 1. The van der Waals surface area contributed by atoms with Crippen LogP contribution in [0.5, 0.6) is 11.5 Å². The van der Waals surface area contributed by atoms with Crippen molar-refractivity contribution in [3.05, 3.63) is 18.2 Å². The maximum absolute atomic E-state index is 12.3. The van der Waals surface area contributed by atoms with E-state index in [0.717, 1.165) is 0 Å². The van der Waals surface area contributed by atoms with Crippen LogP contribution in [0.15, 0.2) is 18.2 Å². The molecule has 1 aliphatic rings. The van der Waals surface area contributed by atoms with Gasteiger partial charge in [0.25, 0.3) is 0 Å². The Kier molecular flexibility index (Phi) is 3.86. The van der Waals surface area contributed by atoms with Crippen molar-refractivity contribution in [1.82, 2.24) is 0 Å². The van der Waals surface area contributed by atoms with E-state index in [2.05, 4.69) is 0 Å². The van der Waals surface area contributed by atoms with Crippen molar-refractivity contribution in [1.29, 1.82) is 0 Å². The molecule has 19 heavy (non-hydrogen) atoms. The van der Waals surface area contributed by atoms with Crippen LogP contribution in [0.25, 0.3) is 0 Å². The fraction of sp³-hybridized carbons (Fsp3) is 0.500. The Morgan fingerprint density at radius 1 is 1.37 bits per heavy atom. The smallest absolute Gasteiger partial charge is 0.239 e. The van der Waals surface area contributed by atoms with E-state index in [4.69, 9.17) is 15.2 Å². The lowest BCUT2D eigenvalue weighted by Gasteiger charge is -2.21. The van der Waals surface area contributed by atoms with Gasteiger partial charge in [0.2, 0.25) is 10.0 Å². The van der Waals surface area contributed by atoms with Gasteiger partial charge in [-0.15, -0.1) is 0 Å². The van der Waals surface area contributed by atoms with Crippen LogP contribution in [-0.2, 0) is 10.0 Å². The topological polar surface area (TPSA) is 81.9 Å². The van der Waals surface area contributed by atoms with Crippen molar-refractivity contribution in [2.45, 2.75) is 11.7 Å². The molecule has 1 atom stereocenters. The largest absolute Gasteiger partial charge is 0.497 e. The molecule has 1 aromatic rings. The maximum Gasteiger partial charge on any atom is 0.239 e. The summed E-state index contributed by atoms with van der Waals surface area (Å²) >= 11 is 0. The minimum atomic E-state index is -3.42. The molecular formula is C12H18N2O4S. The summed E-state index contributed by atoms with van der Waals surface area (Å²) in [6.07, 6.45) is 0.527. The number of rotatable bonds is 4. The third-order valence-corrected chi connectivity index (χ3v) is 5.56. The highest BCUT2D eigenvalue weighted by atomic mass is 32.2. The van der Waals surface area contributed by atoms with Gasteiger partial charge in [0.15, 0.2) is 0 Å². The van der Waals surface area contributed by atoms with Crippen molar-refractivity contribution in [3.63, 3.8) is 0 Å². The first-order chi connectivity index (χ1) is 9.04. The standard InChI is InChI=1S/C12H18N2O4S/c1-17-9-3-4-12(18-2)11(7-9)14-6-5-10(8-13)19(14,15)16/h3-4,7,10H,5-6,8,13H2,1-2H3/t10-/m1/s1. The lowest BCUT2D eigenvalue weighted by Crippen LogP contribution is -2.33. The van der Waals surface area contributed by atoms with Gasteiger partial charge in [-0.05, 0) is 18.6 Å². The summed E-state index contributed by atoms with van der Waals surface area (Å²) in [5, 5.41) is -0.525. The normalized spacial score (nSPS) is 21.4. The Balaban J connectivity index is 2.47. The van der Waals surface area contributed by atoms with Crippen molar-refractivity contribution < 1.29 is 17.9 Å². The quantitative estimate of drug-likeness (QED) is 0.875. The zero-order valence-corrected chi connectivity index (χ0v) is 11.8. The molecule has 2 rings (SSSR count). The second-order valence-electron chi connectivity index (χ2n) is 4.30. The summed E-state index contributed by atoms with van der Waals surface area (Å²) in [5.41, 5.74) is 6.01. The minimum Gasteiger partial charge on any atom is -0.497 e. The Labute approximate surface area is 113 Å². The van der Waals surface area contributed by atoms with E-state index in [-0.39, 0.29) is 6.54 Å². The van der Waals surface area contributed by atoms with Gasteiger partial charge in [0.05, 0.1) is 25.2 Å². The number of ether oxygens (including phenoxy) is 2. The zero-order valence-electron chi connectivity index (χ0n) is 11.0. The number of anilines is 1. The van der Waals surface area contributed by atoms with Gasteiger partial charge in [-0.3, -0.25) is 4.31 Å². The maximum atomic E-state index is 12.3. The SMILES string of the molecule is COc1ccc(OC)c(N2CC[C@H](CN)S2(=O)=O)c1. The van der Waals surface area contributed by atoms with Crippen molar-refractivity contribution in [3.8, 4) is 11.5 Å². The monoisotopic (exact) mass is 286 g/mol. The van der Waals surface area contributed by atoms with E-state index in [1.54, 1.807) is 18.2 Å². The van der Waals surface area contributed by atoms with E-state index in [0.29, 0.717) is 30.2 Å². The van der Waals surface area contributed by atoms with Crippen LogP contribution in [0.4, 0.5) is 5.69 Å². The number of hydrogen-bond acceptors (Lipinski definition) is 5. The predicted molar refractivity (Wildman–Crippen MR) is 73.3 cm³/mol. The van der Waals surface area contributed by atoms with Crippen LogP contribution in [0, 0.1) is 0 Å². The first-order valence-electron chi connectivity index (χ1n) is 5.98. The molecule has 6 nitrogen and oxygen atoms in total. The summed E-state index contributed by atoms with van der Waals surface area (Å²) in [4.78, 5) is 0. The van der Waals surface area contributed by atoms with Crippen LogP contribution in [-0.4, -0.2) is 41.0 Å². The van der Waals surface area contributed by atoms with Crippen molar-refractivity contribution >= 4 is 15.7 Å². The number of benzene rings is 1. The van der Waals surface area contributed by atoms with Crippen molar-refractivity contribution in [2.75, 3.05) is 31.6 Å². The Morgan fingerprint density at radius 3 is 2.63 bits per heavy atom. The third kappa shape index (κ3) is 2.35. The molecule has 0 amide bonds. The number of nitrogens with zero attached hydrogens (tertiary/aromatic N) is 1. The summed E-state index contributed by atoms with van der Waals surface area (Å²) in [7, 11) is -0.373. The lowest BCUT2D eigenvalue weighted by molar-refractivity contribution is 0.404. The van der Waals surface area contributed by atoms with E-state index in [1.807, 2.05) is 0 Å². The van der Waals surface area contributed by atoms with Gasteiger partial charge >= 0.3 is 0 Å². The van der Waals surface area contributed by atoms with Gasteiger partial charge in [-0.2, -0.15) is 0 Å². The minimum absolute atomic E-state index is 0.130. The summed E-state index contributed by atoms with van der Waals surface area (Å²) in [6.45, 7) is 0.541. The molecule has 106 valence electrons. The van der Waals surface area contributed by atoms with Crippen LogP contribution in [0.2, 0.25) is 0 Å². The van der Waals surface area contributed by atoms with E-state index in [9.17, 15) is 8.42 Å². The van der Waals surface area contributed by atoms with Crippen LogP contribution in [0.3, 0.4) is 0 Å². The molecule has 0 bridgehead atoms. The highest BCUT2D eigenvalue weighted by molar-refractivity contribution is 7.93. The Bertz CT molecular complexity index is 559. The molecule has 2 N–H and O–H groups in total. The number of hydrogen-bond donors (Lipinski definition) is 1. The van der Waals surface area contributed by atoms with E-state index >= 15 is 0 Å². The van der Waals surface area contributed by atoms with Crippen molar-refractivity contribution in [2.24, 2.45) is 5.73 Å². The fourth-order valence-corrected chi connectivity index (χ4v) is 3.99. The summed E-state index contributed by atoms with van der Waals surface area (Å²) in [5.74, 6) is 1.09.